The van der Waals surface area contributed by atoms with Crippen molar-refractivity contribution in [2.24, 2.45) is 0 Å². The van der Waals surface area contributed by atoms with Gasteiger partial charge >= 0.3 is 12.1 Å². The van der Waals surface area contributed by atoms with Gasteiger partial charge in [0.15, 0.2) is 0 Å². The van der Waals surface area contributed by atoms with Crippen LogP contribution in [0.1, 0.15) is 50.2 Å². The van der Waals surface area contributed by atoms with Gasteiger partial charge in [0.05, 0.1) is 13.7 Å². The average Bonchev–Trinajstić information content (AvgIpc) is 3.06. The Morgan fingerprint density at radius 1 is 1.09 bits per heavy atom. The predicted octanol–water partition coefficient (Wildman–Crippen LogP) is 3.03. The van der Waals surface area contributed by atoms with Gasteiger partial charge in [0.1, 0.15) is 18.4 Å². The van der Waals surface area contributed by atoms with Crippen LogP contribution in [0.15, 0.2) is 18.2 Å². The van der Waals surface area contributed by atoms with Gasteiger partial charge in [-0.1, -0.05) is 12.5 Å². The highest BCUT2D eigenvalue weighted by Gasteiger charge is 2.31. The standard InChI is InChI=1S/C25H37N3O5/c1-3-32-25(30)26-12-9-21(10-13-26)27-14-15-33-23-8-7-19(16-20(23)18-27)17-28-11-5-4-6-22(28)24(29)31-2/h7-8,16,21-22H,3-6,9-15,17-18H2,1-2H3/t22-/m1/s1. The van der Waals surface area contributed by atoms with Gasteiger partial charge < -0.3 is 19.1 Å². The topological polar surface area (TPSA) is 71.6 Å². The highest BCUT2D eigenvalue weighted by atomic mass is 16.6. The van der Waals surface area contributed by atoms with Crippen molar-refractivity contribution in [2.75, 3.05) is 46.5 Å². The van der Waals surface area contributed by atoms with E-state index < -0.39 is 0 Å². The van der Waals surface area contributed by atoms with Gasteiger partial charge in [-0.15, -0.1) is 0 Å². The first-order valence-corrected chi connectivity index (χ1v) is 12.3. The molecule has 0 aromatic heterocycles. The minimum Gasteiger partial charge on any atom is -0.492 e. The second kappa shape index (κ2) is 11.2. The van der Waals surface area contributed by atoms with Crippen LogP contribution in [0.4, 0.5) is 4.79 Å². The van der Waals surface area contributed by atoms with Crippen molar-refractivity contribution in [1.29, 1.82) is 0 Å². The lowest BCUT2D eigenvalue weighted by molar-refractivity contribution is -0.148. The highest BCUT2D eigenvalue weighted by Crippen LogP contribution is 2.29. The smallest absolute Gasteiger partial charge is 0.409 e. The number of fused-ring (bicyclic) bond motifs is 1. The third-order valence-electron chi connectivity index (χ3n) is 7.11. The van der Waals surface area contributed by atoms with Crippen LogP contribution in [0.2, 0.25) is 0 Å². The summed E-state index contributed by atoms with van der Waals surface area (Å²) in [5.41, 5.74) is 2.40. The molecule has 3 aliphatic rings. The molecule has 1 atom stereocenters. The van der Waals surface area contributed by atoms with E-state index in [9.17, 15) is 9.59 Å². The van der Waals surface area contributed by atoms with Gasteiger partial charge in [0.25, 0.3) is 0 Å². The molecule has 4 rings (SSSR count). The molecule has 2 fully saturated rings. The van der Waals surface area contributed by atoms with Crippen LogP contribution in [0.3, 0.4) is 0 Å². The van der Waals surface area contributed by atoms with Crippen molar-refractivity contribution in [3.63, 3.8) is 0 Å². The molecule has 1 aromatic carbocycles. The zero-order chi connectivity index (χ0) is 23.2. The molecule has 0 radical (unpaired) electrons. The molecule has 0 spiro atoms. The van der Waals surface area contributed by atoms with Crippen molar-refractivity contribution >= 4 is 12.1 Å². The van der Waals surface area contributed by atoms with E-state index in [0.717, 1.165) is 77.1 Å². The minimum absolute atomic E-state index is 0.131. The van der Waals surface area contributed by atoms with Crippen LogP contribution >= 0.6 is 0 Å². The van der Waals surface area contributed by atoms with E-state index in [0.29, 0.717) is 19.3 Å². The lowest BCUT2D eigenvalue weighted by Crippen LogP contribution is -2.47. The number of ether oxygens (including phenoxy) is 3. The monoisotopic (exact) mass is 459 g/mol. The van der Waals surface area contributed by atoms with Crippen LogP contribution in [0, 0.1) is 0 Å². The van der Waals surface area contributed by atoms with Gasteiger partial charge in [-0.25, -0.2) is 4.79 Å². The Balaban J connectivity index is 1.40. The number of nitrogens with zero attached hydrogens (tertiary/aromatic N) is 3. The fourth-order valence-corrected chi connectivity index (χ4v) is 5.32. The van der Waals surface area contributed by atoms with E-state index in [1.165, 1.54) is 18.2 Å². The van der Waals surface area contributed by atoms with Crippen molar-refractivity contribution in [1.82, 2.24) is 14.7 Å². The third-order valence-corrected chi connectivity index (χ3v) is 7.11. The van der Waals surface area contributed by atoms with Crippen LogP contribution in [0.25, 0.3) is 0 Å². The van der Waals surface area contributed by atoms with Crippen LogP contribution < -0.4 is 4.74 Å². The molecule has 0 saturated carbocycles. The maximum absolute atomic E-state index is 12.2. The Morgan fingerprint density at radius 3 is 2.67 bits per heavy atom. The largest absolute Gasteiger partial charge is 0.492 e. The number of esters is 1. The zero-order valence-electron chi connectivity index (χ0n) is 20.0. The SMILES string of the molecule is CCOC(=O)N1CCC(N2CCOc3ccc(CN4CCCC[C@@H]4C(=O)OC)cc3C2)CC1. The molecule has 0 unspecified atom stereocenters. The molecule has 0 bridgehead atoms. The number of hydrogen-bond donors (Lipinski definition) is 0. The molecule has 2 saturated heterocycles. The Bertz CT molecular complexity index is 824. The summed E-state index contributed by atoms with van der Waals surface area (Å²) < 4.78 is 16.3. The van der Waals surface area contributed by atoms with Crippen molar-refractivity contribution in [3.8, 4) is 5.75 Å². The number of piperidine rings is 2. The summed E-state index contributed by atoms with van der Waals surface area (Å²) in [5.74, 6) is 0.821. The molecule has 8 nitrogen and oxygen atoms in total. The molecule has 0 aliphatic carbocycles. The fraction of sp³-hybridized carbons (Fsp3) is 0.680. The van der Waals surface area contributed by atoms with E-state index in [-0.39, 0.29) is 18.1 Å². The highest BCUT2D eigenvalue weighted by molar-refractivity contribution is 5.75. The first-order valence-electron chi connectivity index (χ1n) is 12.3. The van der Waals surface area contributed by atoms with E-state index in [2.05, 4.69) is 28.0 Å². The molecule has 1 aromatic rings. The summed E-state index contributed by atoms with van der Waals surface area (Å²) in [5, 5.41) is 0. The minimum atomic E-state index is -0.201. The van der Waals surface area contributed by atoms with Crippen LogP contribution in [-0.2, 0) is 27.4 Å². The lowest BCUT2D eigenvalue weighted by Gasteiger charge is -2.37. The van der Waals surface area contributed by atoms with E-state index >= 15 is 0 Å². The quantitative estimate of drug-likeness (QED) is 0.627. The number of rotatable bonds is 5. The van der Waals surface area contributed by atoms with Gasteiger partial charge in [-0.2, -0.15) is 0 Å². The average molecular weight is 460 g/mol. The second-order valence-corrected chi connectivity index (χ2v) is 9.18. The third kappa shape index (κ3) is 5.79. The maximum atomic E-state index is 12.2. The summed E-state index contributed by atoms with van der Waals surface area (Å²) in [6.45, 7) is 7.77. The Labute approximate surface area is 196 Å². The molecule has 33 heavy (non-hydrogen) atoms. The number of hydrogen-bond acceptors (Lipinski definition) is 7. The fourth-order valence-electron chi connectivity index (χ4n) is 5.32. The Morgan fingerprint density at radius 2 is 1.91 bits per heavy atom. The summed E-state index contributed by atoms with van der Waals surface area (Å²) in [6, 6.07) is 6.72. The van der Waals surface area contributed by atoms with E-state index in [1.54, 1.807) is 0 Å². The number of amides is 1. The van der Waals surface area contributed by atoms with Gasteiger partial charge in [0.2, 0.25) is 0 Å². The normalized spacial score (nSPS) is 22.7. The number of likely N-dealkylation sites (tertiary alicyclic amines) is 2. The Kier molecular flexibility index (Phi) is 8.09. The molecule has 1 amide bonds. The van der Waals surface area contributed by atoms with E-state index in [4.69, 9.17) is 14.2 Å². The lowest BCUT2D eigenvalue weighted by atomic mass is 10.00. The first kappa shape index (κ1) is 23.8. The van der Waals surface area contributed by atoms with Crippen molar-refractivity contribution in [3.05, 3.63) is 29.3 Å². The molecule has 182 valence electrons. The number of carbonyl (C=O) groups excluding carboxylic acids is 2. The van der Waals surface area contributed by atoms with Gasteiger partial charge in [0, 0.05) is 44.3 Å². The molecule has 8 heteroatoms. The summed E-state index contributed by atoms with van der Waals surface area (Å²) in [4.78, 5) is 30.8. The van der Waals surface area contributed by atoms with Gasteiger partial charge in [-0.05, 0) is 56.8 Å². The van der Waals surface area contributed by atoms with Crippen LogP contribution in [-0.4, -0.2) is 85.3 Å². The summed E-state index contributed by atoms with van der Waals surface area (Å²) in [6.07, 6.45) is 4.73. The molecule has 3 heterocycles. The number of benzene rings is 1. The van der Waals surface area contributed by atoms with Gasteiger partial charge in [-0.3, -0.25) is 14.6 Å². The summed E-state index contributed by atoms with van der Waals surface area (Å²) in [7, 11) is 1.47. The van der Waals surface area contributed by atoms with Crippen molar-refractivity contribution in [2.45, 2.75) is 64.2 Å². The summed E-state index contributed by atoms with van der Waals surface area (Å²) >= 11 is 0. The van der Waals surface area contributed by atoms with Crippen molar-refractivity contribution < 1.29 is 23.8 Å². The maximum Gasteiger partial charge on any atom is 0.409 e. The number of methoxy groups -OCH3 is 1. The molecular weight excluding hydrogens is 422 g/mol. The van der Waals surface area contributed by atoms with Crippen LogP contribution in [0.5, 0.6) is 5.75 Å². The van der Waals surface area contributed by atoms with E-state index in [1.807, 2.05) is 11.8 Å². The molecular formula is C25H37N3O5. The second-order valence-electron chi connectivity index (χ2n) is 9.18. The molecule has 3 aliphatic heterocycles. The Hall–Kier alpha value is -2.32. The predicted molar refractivity (Wildman–Crippen MR) is 124 cm³/mol. The zero-order valence-corrected chi connectivity index (χ0v) is 20.0. The first-order chi connectivity index (χ1) is 16.1. The molecule has 0 N–H and O–H groups in total. The number of carbonyl (C=O) groups is 2.